The van der Waals surface area contributed by atoms with Crippen molar-refractivity contribution in [1.29, 1.82) is 5.26 Å². The zero-order valence-electron chi connectivity index (χ0n) is 16.5. The third-order valence-electron chi connectivity index (χ3n) is 4.76. The van der Waals surface area contributed by atoms with Gasteiger partial charge in [-0.3, -0.25) is 4.79 Å². The molecule has 0 unspecified atom stereocenters. The van der Waals surface area contributed by atoms with Crippen molar-refractivity contribution in [3.05, 3.63) is 94.7 Å². The summed E-state index contributed by atoms with van der Waals surface area (Å²) >= 11 is 5.86. The van der Waals surface area contributed by atoms with Gasteiger partial charge in [-0.2, -0.15) is 5.26 Å². The van der Waals surface area contributed by atoms with E-state index in [1.807, 2.05) is 42.5 Å². The second-order valence-electron chi connectivity index (χ2n) is 6.87. The van der Waals surface area contributed by atoms with Crippen molar-refractivity contribution in [2.75, 3.05) is 5.32 Å². The van der Waals surface area contributed by atoms with Crippen LogP contribution in [0.15, 0.2) is 82.8 Å². The lowest BCUT2D eigenvalue weighted by atomic mass is 10.1. The van der Waals surface area contributed by atoms with Crippen LogP contribution >= 0.6 is 11.6 Å². The molecule has 0 spiro atoms. The minimum atomic E-state index is -1.40. The predicted octanol–water partition coefficient (Wildman–Crippen LogP) is 4.66. The van der Waals surface area contributed by atoms with Crippen molar-refractivity contribution in [3.8, 4) is 17.4 Å². The first kappa shape index (κ1) is 20.9. The van der Waals surface area contributed by atoms with E-state index in [1.54, 1.807) is 24.3 Å². The van der Waals surface area contributed by atoms with Crippen LogP contribution in [-0.4, -0.2) is 11.9 Å². The molecule has 0 aliphatic heterocycles. The molecule has 4 rings (SSSR count). The van der Waals surface area contributed by atoms with Crippen molar-refractivity contribution in [3.63, 3.8) is 0 Å². The van der Waals surface area contributed by atoms with E-state index in [4.69, 9.17) is 16.0 Å². The number of nitrogens with one attached hydrogen (secondary N) is 1. The number of hydrogen-bond acceptors (Lipinski definition) is 5. The van der Waals surface area contributed by atoms with Crippen LogP contribution in [0.2, 0.25) is 5.02 Å². The molecular formula is C25H14ClN2O4-. The minimum Gasteiger partial charge on any atom is -0.545 e. The first-order valence-electron chi connectivity index (χ1n) is 9.47. The van der Waals surface area contributed by atoms with Gasteiger partial charge in [0.25, 0.3) is 5.91 Å². The molecule has 156 valence electrons. The maximum absolute atomic E-state index is 12.6. The monoisotopic (exact) mass is 441 g/mol. The van der Waals surface area contributed by atoms with Gasteiger partial charge in [0.15, 0.2) is 0 Å². The summed E-state index contributed by atoms with van der Waals surface area (Å²) in [5.41, 5.74) is 0.717. The number of carbonyl (C=O) groups excluding carboxylic acids is 2. The van der Waals surface area contributed by atoms with Gasteiger partial charge < -0.3 is 19.6 Å². The molecule has 1 aromatic heterocycles. The van der Waals surface area contributed by atoms with E-state index in [1.165, 1.54) is 18.2 Å². The normalized spacial score (nSPS) is 11.2. The molecule has 0 aliphatic rings. The smallest absolute Gasteiger partial charge is 0.266 e. The van der Waals surface area contributed by atoms with Crippen LogP contribution in [0, 0.1) is 11.3 Å². The number of rotatable bonds is 5. The molecule has 0 aliphatic carbocycles. The van der Waals surface area contributed by atoms with E-state index >= 15 is 0 Å². The molecule has 0 fully saturated rings. The number of halogens is 1. The topological polar surface area (TPSA) is 106 Å². The van der Waals surface area contributed by atoms with E-state index in [0.717, 1.165) is 10.8 Å². The van der Waals surface area contributed by atoms with E-state index < -0.39 is 11.9 Å². The Hall–Kier alpha value is -4.34. The van der Waals surface area contributed by atoms with Crippen LogP contribution in [0.1, 0.15) is 16.1 Å². The number of nitrogens with zero attached hydrogens (tertiary/aromatic N) is 1. The van der Waals surface area contributed by atoms with Crippen LogP contribution in [-0.2, 0) is 4.79 Å². The van der Waals surface area contributed by atoms with Crippen LogP contribution in [0.4, 0.5) is 5.69 Å². The van der Waals surface area contributed by atoms with Gasteiger partial charge in [0, 0.05) is 27.9 Å². The number of carboxylic acid groups (broad SMARTS) is 1. The first-order chi connectivity index (χ1) is 15.4. The van der Waals surface area contributed by atoms with Gasteiger partial charge in [0.1, 0.15) is 23.2 Å². The Labute approximate surface area is 188 Å². The number of furan rings is 1. The molecule has 0 saturated carbocycles. The maximum atomic E-state index is 12.6. The molecule has 32 heavy (non-hydrogen) atoms. The minimum absolute atomic E-state index is 0.0533. The van der Waals surface area contributed by atoms with Crippen molar-refractivity contribution in [2.24, 2.45) is 0 Å². The van der Waals surface area contributed by atoms with Crippen LogP contribution in [0.5, 0.6) is 0 Å². The highest BCUT2D eigenvalue weighted by Crippen LogP contribution is 2.27. The van der Waals surface area contributed by atoms with Gasteiger partial charge in [-0.05, 0) is 53.2 Å². The number of fused-ring (bicyclic) bond motifs is 1. The summed E-state index contributed by atoms with van der Waals surface area (Å²) in [6, 6.07) is 22.6. The fourth-order valence-corrected chi connectivity index (χ4v) is 3.37. The third kappa shape index (κ3) is 4.38. The average Bonchev–Trinajstić information content (AvgIpc) is 3.26. The highest BCUT2D eigenvalue weighted by Gasteiger charge is 2.13. The largest absolute Gasteiger partial charge is 0.545 e. The van der Waals surface area contributed by atoms with Gasteiger partial charge in [-0.15, -0.1) is 0 Å². The Morgan fingerprint density at radius 3 is 2.53 bits per heavy atom. The summed E-state index contributed by atoms with van der Waals surface area (Å²) < 4.78 is 5.67. The molecule has 1 N–H and O–H groups in total. The standard InChI is InChI=1S/C25H15ClN2O4/c26-22-9-6-17(13-21(22)25(30)31)23-10-8-20(32-23)12-18(14-27)24(29)28-19-7-5-15-3-1-2-4-16(15)11-19/h1-13H,(H,28,29)(H,30,31)/p-1/b18-12+. The molecule has 7 heteroatoms. The number of carboxylic acids is 1. The lowest BCUT2D eigenvalue weighted by Crippen LogP contribution is -2.22. The number of anilines is 1. The molecule has 0 saturated heterocycles. The Bertz CT molecular complexity index is 1430. The van der Waals surface area contributed by atoms with Crippen molar-refractivity contribution < 1.29 is 19.1 Å². The fourth-order valence-electron chi connectivity index (χ4n) is 3.18. The zero-order chi connectivity index (χ0) is 22.7. The number of carbonyl (C=O) groups is 2. The highest BCUT2D eigenvalue weighted by atomic mass is 35.5. The molecule has 1 amide bonds. The third-order valence-corrected chi connectivity index (χ3v) is 5.09. The van der Waals surface area contributed by atoms with E-state index in [9.17, 15) is 20.0 Å². The summed E-state index contributed by atoms with van der Waals surface area (Å²) in [5, 5.41) is 25.4. The Morgan fingerprint density at radius 2 is 1.78 bits per heavy atom. The van der Waals surface area contributed by atoms with E-state index in [-0.39, 0.29) is 21.9 Å². The SMILES string of the molecule is N#C/C(=C\c1ccc(-c2ccc(Cl)c(C(=O)[O-])c2)o1)C(=O)Nc1ccc2ccccc2c1. The molecular weight excluding hydrogens is 428 g/mol. The molecule has 0 bridgehead atoms. The van der Waals surface area contributed by atoms with Gasteiger partial charge in [0.2, 0.25) is 0 Å². The van der Waals surface area contributed by atoms with Crippen molar-refractivity contribution in [1.82, 2.24) is 0 Å². The molecule has 1 heterocycles. The van der Waals surface area contributed by atoms with Gasteiger partial charge in [-0.25, -0.2) is 0 Å². The quantitative estimate of drug-likeness (QED) is 0.358. The zero-order valence-corrected chi connectivity index (χ0v) is 17.2. The summed E-state index contributed by atoms with van der Waals surface area (Å²) in [7, 11) is 0. The summed E-state index contributed by atoms with van der Waals surface area (Å²) in [5.74, 6) is -1.37. The van der Waals surface area contributed by atoms with Crippen LogP contribution in [0.25, 0.3) is 28.2 Å². The summed E-state index contributed by atoms with van der Waals surface area (Å²) in [6.45, 7) is 0. The van der Waals surface area contributed by atoms with Crippen LogP contribution < -0.4 is 10.4 Å². The molecule has 0 atom stereocenters. The second kappa shape index (κ2) is 8.80. The van der Waals surface area contributed by atoms with Gasteiger partial charge in [-0.1, -0.05) is 41.9 Å². The molecule has 3 aromatic carbocycles. The van der Waals surface area contributed by atoms with Crippen molar-refractivity contribution in [2.45, 2.75) is 0 Å². The van der Waals surface area contributed by atoms with Gasteiger partial charge in [0.05, 0.1) is 5.97 Å². The molecule has 6 nitrogen and oxygen atoms in total. The number of hydrogen-bond donors (Lipinski definition) is 1. The Balaban J connectivity index is 1.56. The predicted molar refractivity (Wildman–Crippen MR) is 120 cm³/mol. The van der Waals surface area contributed by atoms with Gasteiger partial charge >= 0.3 is 0 Å². The first-order valence-corrected chi connectivity index (χ1v) is 9.85. The van der Waals surface area contributed by atoms with E-state index in [0.29, 0.717) is 17.0 Å². The highest BCUT2D eigenvalue weighted by molar-refractivity contribution is 6.33. The van der Waals surface area contributed by atoms with E-state index in [2.05, 4.69) is 5.32 Å². The summed E-state index contributed by atoms with van der Waals surface area (Å²) in [4.78, 5) is 23.8. The number of amides is 1. The maximum Gasteiger partial charge on any atom is 0.266 e. The second-order valence-corrected chi connectivity index (χ2v) is 7.28. The lowest BCUT2D eigenvalue weighted by molar-refractivity contribution is -0.255. The Kier molecular flexibility index (Phi) is 5.75. The molecule has 4 aromatic rings. The number of aromatic carboxylic acids is 1. The van der Waals surface area contributed by atoms with Crippen molar-refractivity contribution >= 4 is 46.0 Å². The molecule has 0 radical (unpaired) electrons. The lowest BCUT2D eigenvalue weighted by Gasteiger charge is -2.07. The Morgan fingerprint density at radius 1 is 1.00 bits per heavy atom. The van der Waals surface area contributed by atoms with Crippen LogP contribution in [0.3, 0.4) is 0 Å². The number of benzene rings is 3. The summed E-state index contributed by atoms with van der Waals surface area (Å²) in [6.07, 6.45) is 1.31. The average molecular weight is 442 g/mol. The fraction of sp³-hybridized carbons (Fsp3) is 0. The number of nitriles is 1.